The summed E-state index contributed by atoms with van der Waals surface area (Å²) < 4.78 is 28.8. The zero-order chi connectivity index (χ0) is 18.6. The van der Waals surface area contributed by atoms with Crippen LogP contribution in [0.2, 0.25) is 0 Å². The summed E-state index contributed by atoms with van der Waals surface area (Å²) in [6.07, 6.45) is 0. The van der Waals surface area contributed by atoms with Crippen LogP contribution in [0.4, 0.5) is 5.69 Å². The summed E-state index contributed by atoms with van der Waals surface area (Å²) in [7, 11) is -3.76. The highest BCUT2D eigenvalue weighted by molar-refractivity contribution is 9.10. The quantitative estimate of drug-likeness (QED) is 0.739. The van der Waals surface area contributed by atoms with Crippen LogP contribution in [0.25, 0.3) is 0 Å². The number of amides is 1. The molecule has 8 heteroatoms. The van der Waals surface area contributed by atoms with Gasteiger partial charge in [0, 0.05) is 11.3 Å². The van der Waals surface area contributed by atoms with Gasteiger partial charge in [-0.15, -0.1) is 0 Å². The molecule has 6 nitrogen and oxygen atoms in total. The van der Waals surface area contributed by atoms with E-state index in [2.05, 4.69) is 35.1 Å². The average molecular weight is 427 g/mol. The summed E-state index contributed by atoms with van der Waals surface area (Å²) in [5.41, 5.74) is 0.910. The molecule has 1 amide bonds. The summed E-state index contributed by atoms with van der Waals surface area (Å²) in [5, 5.41) is 7.74. The van der Waals surface area contributed by atoms with Crippen LogP contribution in [0.15, 0.2) is 51.8 Å². The van der Waals surface area contributed by atoms with Crippen LogP contribution < -0.4 is 15.2 Å². The van der Waals surface area contributed by atoms with Crippen LogP contribution in [0.1, 0.15) is 24.2 Å². The van der Waals surface area contributed by atoms with Gasteiger partial charge in [-0.3, -0.25) is 4.79 Å². The van der Waals surface area contributed by atoms with Gasteiger partial charge in [-0.05, 0) is 64.3 Å². The molecule has 2 aromatic carbocycles. The zero-order valence-corrected chi connectivity index (χ0v) is 16.2. The van der Waals surface area contributed by atoms with Gasteiger partial charge in [0.1, 0.15) is 5.75 Å². The molecule has 134 valence electrons. The first-order valence-electron chi connectivity index (χ1n) is 7.53. The number of benzene rings is 2. The Kier molecular flexibility index (Phi) is 6.21. The summed E-state index contributed by atoms with van der Waals surface area (Å²) in [6.45, 7) is 4.69. The molecule has 0 saturated carbocycles. The van der Waals surface area contributed by atoms with E-state index in [1.807, 2.05) is 0 Å². The summed E-state index contributed by atoms with van der Waals surface area (Å²) in [5.74, 6) is 0.748. The summed E-state index contributed by atoms with van der Waals surface area (Å²) in [6, 6.07) is 10.7. The Bertz CT molecular complexity index is 865. The van der Waals surface area contributed by atoms with E-state index in [-0.39, 0.29) is 10.8 Å². The van der Waals surface area contributed by atoms with Crippen molar-refractivity contribution in [2.24, 2.45) is 11.1 Å². The van der Waals surface area contributed by atoms with Gasteiger partial charge in [-0.25, -0.2) is 13.6 Å². The average Bonchev–Trinajstić information content (AvgIpc) is 2.53. The third kappa shape index (κ3) is 5.55. The highest BCUT2D eigenvalue weighted by atomic mass is 79.9. The number of primary sulfonamides is 1. The molecular weight excluding hydrogens is 408 g/mol. The number of sulfonamides is 1. The largest absolute Gasteiger partial charge is 0.492 e. The monoisotopic (exact) mass is 426 g/mol. The molecule has 3 N–H and O–H groups in total. The molecule has 25 heavy (non-hydrogen) atoms. The molecule has 0 saturated heterocycles. The van der Waals surface area contributed by atoms with Crippen LogP contribution in [0.5, 0.6) is 5.75 Å². The van der Waals surface area contributed by atoms with E-state index < -0.39 is 10.0 Å². The normalized spacial score (nSPS) is 11.4. The maximum absolute atomic E-state index is 12.3. The minimum Gasteiger partial charge on any atom is -0.492 e. The molecule has 0 unspecified atom stereocenters. The van der Waals surface area contributed by atoms with Crippen LogP contribution in [0, 0.1) is 5.92 Å². The summed E-state index contributed by atoms with van der Waals surface area (Å²) >= 11 is 3.40. The topological polar surface area (TPSA) is 98.5 Å². The Hall–Kier alpha value is -1.90. The third-order valence-corrected chi connectivity index (χ3v) is 4.76. The van der Waals surface area contributed by atoms with Crippen molar-refractivity contribution in [2.75, 3.05) is 11.9 Å². The van der Waals surface area contributed by atoms with Gasteiger partial charge < -0.3 is 10.1 Å². The van der Waals surface area contributed by atoms with E-state index in [1.54, 1.807) is 18.2 Å². The number of ether oxygens (including phenoxy) is 1. The van der Waals surface area contributed by atoms with E-state index in [0.717, 1.165) is 0 Å². The zero-order valence-electron chi connectivity index (χ0n) is 13.8. The van der Waals surface area contributed by atoms with Crippen molar-refractivity contribution in [3.05, 3.63) is 52.5 Å². The Morgan fingerprint density at radius 1 is 1.20 bits per heavy atom. The van der Waals surface area contributed by atoms with Crippen molar-refractivity contribution in [2.45, 2.75) is 18.7 Å². The van der Waals surface area contributed by atoms with E-state index in [9.17, 15) is 13.2 Å². The number of rotatable bonds is 6. The van der Waals surface area contributed by atoms with Crippen molar-refractivity contribution in [3.63, 3.8) is 0 Å². The smallest absolute Gasteiger partial charge is 0.255 e. The number of carbonyl (C=O) groups is 1. The second kappa shape index (κ2) is 7.99. The lowest BCUT2D eigenvalue weighted by Crippen LogP contribution is -2.14. The van der Waals surface area contributed by atoms with Gasteiger partial charge in [0.05, 0.1) is 16.0 Å². The Morgan fingerprint density at radius 2 is 1.84 bits per heavy atom. The van der Waals surface area contributed by atoms with Gasteiger partial charge in [0.25, 0.3) is 5.91 Å². The molecular formula is C17H19BrN2O4S. The molecule has 0 atom stereocenters. The van der Waals surface area contributed by atoms with Gasteiger partial charge in [-0.2, -0.15) is 0 Å². The van der Waals surface area contributed by atoms with Crippen LogP contribution >= 0.6 is 15.9 Å². The SMILES string of the molecule is CC(C)COc1ccc(C(=O)Nc2ccc(S(N)(=O)=O)cc2)cc1Br. The first-order valence-corrected chi connectivity index (χ1v) is 9.87. The molecule has 0 radical (unpaired) electrons. The van der Waals surface area contributed by atoms with Gasteiger partial charge >= 0.3 is 0 Å². The van der Waals surface area contributed by atoms with Crippen LogP contribution in [0.3, 0.4) is 0 Å². The lowest BCUT2D eigenvalue weighted by Gasteiger charge is -2.12. The van der Waals surface area contributed by atoms with Crippen molar-refractivity contribution < 1.29 is 17.9 Å². The first-order chi connectivity index (χ1) is 11.7. The highest BCUT2D eigenvalue weighted by Crippen LogP contribution is 2.27. The molecule has 0 aliphatic heterocycles. The lowest BCUT2D eigenvalue weighted by atomic mass is 10.2. The van der Waals surface area contributed by atoms with Crippen molar-refractivity contribution in [1.29, 1.82) is 0 Å². The van der Waals surface area contributed by atoms with Crippen molar-refractivity contribution in [3.8, 4) is 5.75 Å². The Morgan fingerprint density at radius 3 is 2.36 bits per heavy atom. The first kappa shape index (κ1) is 19.4. The molecule has 0 aliphatic carbocycles. The van der Waals surface area contributed by atoms with Crippen molar-refractivity contribution >= 4 is 37.5 Å². The second-order valence-corrected chi connectivity index (χ2v) is 8.29. The lowest BCUT2D eigenvalue weighted by molar-refractivity contribution is 0.102. The van der Waals surface area contributed by atoms with E-state index in [0.29, 0.717) is 34.0 Å². The molecule has 0 aromatic heterocycles. The number of nitrogens with two attached hydrogens (primary N) is 1. The predicted octanol–water partition coefficient (Wildman–Crippen LogP) is 3.38. The fourth-order valence-electron chi connectivity index (χ4n) is 1.95. The fraction of sp³-hybridized carbons (Fsp3) is 0.235. The van der Waals surface area contributed by atoms with Crippen molar-refractivity contribution in [1.82, 2.24) is 0 Å². The van der Waals surface area contributed by atoms with Crippen LogP contribution in [-0.2, 0) is 10.0 Å². The number of nitrogens with one attached hydrogen (secondary N) is 1. The molecule has 2 aromatic rings. The summed E-state index contributed by atoms with van der Waals surface area (Å²) in [4.78, 5) is 12.3. The third-order valence-electron chi connectivity index (χ3n) is 3.21. The second-order valence-electron chi connectivity index (χ2n) is 5.87. The molecule has 0 aliphatic rings. The Labute approximate surface area is 155 Å². The number of halogens is 1. The molecule has 0 heterocycles. The minimum absolute atomic E-state index is 0.0140. The van der Waals surface area contributed by atoms with Crippen LogP contribution in [-0.4, -0.2) is 20.9 Å². The number of hydrogen-bond donors (Lipinski definition) is 2. The van der Waals surface area contributed by atoms with E-state index >= 15 is 0 Å². The number of hydrogen-bond acceptors (Lipinski definition) is 4. The van der Waals surface area contributed by atoms with Gasteiger partial charge in [-0.1, -0.05) is 13.8 Å². The maximum Gasteiger partial charge on any atom is 0.255 e. The predicted molar refractivity (Wildman–Crippen MR) is 100 cm³/mol. The fourth-order valence-corrected chi connectivity index (χ4v) is 2.96. The molecule has 0 fully saturated rings. The number of carbonyl (C=O) groups excluding carboxylic acids is 1. The van der Waals surface area contributed by atoms with Gasteiger partial charge in [0.2, 0.25) is 10.0 Å². The minimum atomic E-state index is -3.76. The van der Waals surface area contributed by atoms with Gasteiger partial charge in [0.15, 0.2) is 0 Å². The maximum atomic E-state index is 12.3. The highest BCUT2D eigenvalue weighted by Gasteiger charge is 2.11. The molecule has 2 rings (SSSR count). The van der Waals surface area contributed by atoms with E-state index in [1.165, 1.54) is 24.3 Å². The van der Waals surface area contributed by atoms with E-state index in [4.69, 9.17) is 9.88 Å². The number of anilines is 1. The standard InChI is InChI=1S/C17H19BrN2O4S/c1-11(2)10-24-16-8-3-12(9-15(16)18)17(21)20-13-4-6-14(7-5-13)25(19,22)23/h3-9,11H,10H2,1-2H3,(H,20,21)(H2,19,22,23). The molecule has 0 bridgehead atoms. The molecule has 0 spiro atoms. The Balaban J connectivity index is 2.09.